The highest BCUT2D eigenvalue weighted by atomic mass is 32.2. The lowest BCUT2D eigenvalue weighted by Gasteiger charge is -2.38. The number of sulfonamides is 1. The Kier molecular flexibility index (Phi) is 8.72. The lowest BCUT2D eigenvalue weighted by Crippen LogP contribution is -2.56. The van der Waals surface area contributed by atoms with Gasteiger partial charge >= 0.3 is 5.97 Å². The van der Waals surface area contributed by atoms with Crippen molar-refractivity contribution in [1.82, 2.24) is 14.9 Å². The van der Waals surface area contributed by atoms with E-state index in [1.807, 2.05) is 6.08 Å². The molecule has 12 heteroatoms. The van der Waals surface area contributed by atoms with Crippen LogP contribution in [0.2, 0.25) is 0 Å². The molecule has 0 aromatic rings. The Bertz CT molecular complexity index is 959. The third-order valence-corrected chi connectivity index (χ3v) is 8.24. The SMILES string of the molecule is CC1CNC2C(S(=O)(=O)N[C@@H](CCCN=C(N)N)C(=O)N3CCCC[C@@H]3C(=O)O)=CC=CC2C1. The van der Waals surface area contributed by atoms with Crippen molar-refractivity contribution in [2.45, 2.75) is 63.6 Å². The summed E-state index contributed by atoms with van der Waals surface area (Å²) in [5.74, 6) is -1.23. The van der Waals surface area contributed by atoms with Crippen molar-refractivity contribution in [3.63, 3.8) is 0 Å². The highest BCUT2D eigenvalue weighted by molar-refractivity contribution is 7.93. The molecule has 0 bridgehead atoms. The van der Waals surface area contributed by atoms with Crippen LogP contribution < -0.4 is 21.5 Å². The van der Waals surface area contributed by atoms with Gasteiger partial charge in [-0.25, -0.2) is 13.2 Å². The van der Waals surface area contributed by atoms with E-state index in [0.717, 1.165) is 6.42 Å². The molecule has 2 aliphatic heterocycles. The fourth-order valence-electron chi connectivity index (χ4n) is 4.96. The molecule has 0 radical (unpaired) electrons. The predicted octanol–water partition coefficient (Wildman–Crippen LogP) is -0.138. The molecule has 0 aromatic carbocycles. The molecule has 2 heterocycles. The van der Waals surface area contributed by atoms with Crippen LogP contribution >= 0.6 is 0 Å². The number of carboxylic acid groups (broad SMARTS) is 1. The highest BCUT2D eigenvalue weighted by Crippen LogP contribution is 2.32. The van der Waals surface area contributed by atoms with Crippen molar-refractivity contribution in [2.75, 3.05) is 19.6 Å². The van der Waals surface area contributed by atoms with E-state index in [2.05, 4.69) is 22.0 Å². The lowest BCUT2D eigenvalue weighted by atomic mass is 9.83. The first-order chi connectivity index (χ1) is 16.1. The number of likely N-dealkylation sites (tertiary alicyclic amines) is 1. The van der Waals surface area contributed by atoms with Crippen LogP contribution in [0.15, 0.2) is 28.1 Å². The highest BCUT2D eigenvalue weighted by Gasteiger charge is 2.40. The number of nitrogens with zero attached hydrogens (tertiary/aromatic N) is 2. The first-order valence-electron chi connectivity index (χ1n) is 11.8. The lowest BCUT2D eigenvalue weighted by molar-refractivity contribution is -0.152. The van der Waals surface area contributed by atoms with Crippen molar-refractivity contribution in [3.05, 3.63) is 23.1 Å². The van der Waals surface area contributed by atoms with Crippen molar-refractivity contribution >= 4 is 27.9 Å². The fraction of sp³-hybridized carbons (Fsp3) is 0.682. The second-order valence-corrected chi connectivity index (χ2v) is 11.1. The van der Waals surface area contributed by atoms with E-state index in [1.165, 1.54) is 4.90 Å². The van der Waals surface area contributed by atoms with E-state index in [-0.39, 0.29) is 42.3 Å². The van der Waals surface area contributed by atoms with Gasteiger partial charge in [-0.2, -0.15) is 4.72 Å². The average molecular weight is 497 g/mol. The van der Waals surface area contributed by atoms with Gasteiger partial charge in [0.25, 0.3) is 0 Å². The molecule has 1 aliphatic carbocycles. The zero-order valence-corrected chi connectivity index (χ0v) is 20.3. The monoisotopic (exact) mass is 496 g/mol. The minimum absolute atomic E-state index is 0.0508. The molecule has 0 aromatic heterocycles. The number of allylic oxidation sites excluding steroid dienone is 2. The Morgan fingerprint density at radius 2 is 2.12 bits per heavy atom. The van der Waals surface area contributed by atoms with E-state index in [1.54, 1.807) is 12.2 Å². The maximum Gasteiger partial charge on any atom is 0.326 e. The Morgan fingerprint density at radius 1 is 1.35 bits per heavy atom. The normalized spacial score (nSPS) is 27.9. The summed E-state index contributed by atoms with van der Waals surface area (Å²) in [6, 6.07) is -2.45. The van der Waals surface area contributed by atoms with Gasteiger partial charge in [0.05, 0.1) is 10.9 Å². The van der Waals surface area contributed by atoms with Crippen LogP contribution in [0.4, 0.5) is 0 Å². The Balaban J connectivity index is 1.81. The molecule has 1 amide bonds. The number of nitrogens with one attached hydrogen (secondary N) is 2. The van der Waals surface area contributed by atoms with Gasteiger partial charge in [0.2, 0.25) is 15.9 Å². The largest absolute Gasteiger partial charge is 0.480 e. The van der Waals surface area contributed by atoms with Crippen molar-refractivity contribution in [2.24, 2.45) is 28.3 Å². The summed E-state index contributed by atoms with van der Waals surface area (Å²) < 4.78 is 29.5. The van der Waals surface area contributed by atoms with Crippen molar-refractivity contribution < 1.29 is 23.1 Å². The number of hydrogen-bond acceptors (Lipinski definition) is 6. The van der Waals surface area contributed by atoms with Crippen LogP contribution in [0.3, 0.4) is 0 Å². The summed E-state index contributed by atoms with van der Waals surface area (Å²) in [6.45, 7) is 3.32. The molecule has 34 heavy (non-hydrogen) atoms. The zero-order valence-electron chi connectivity index (χ0n) is 19.5. The van der Waals surface area contributed by atoms with Gasteiger partial charge in [0.1, 0.15) is 12.1 Å². The molecule has 3 rings (SSSR count). The molecule has 3 unspecified atom stereocenters. The van der Waals surface area contributed by atoms with Gasteiger partial charge in [-0.1, -0.05) is 19.1 Å². The quantitative estimate of drug-likeness (QED) is 0.166. The standard InChI is InChI=1S/C22H36N6O5S/c1-14-12-15-6-4-9-18(19(15)26-13-14)34(32,33)27-16(7-5-10-25-22(23)24)20(29)28-11-3-2-8-17(28)21(30)31/h4,6,9,14-17,19,26-27H,2-3,5,7-8,10-13H2,1H3,(H,30,31)(H4,23,24,25)/t14?,15?,16-,17+,19?/m0/s1. The number of hydrogen-bond donors (Lipinski definition) is 5. The van der Waals surface area contributed by atoms with Gasteiger partial charge in [0.15, 0.2) is 5.96 Å². The van der Waals surface area contributed by atoms with Crippen molar-refractivity contribution in [1.29, 1.82) is 0 Å². The van der Waals surface area contributed by atoms with E-state index in [0.29, 0.717) is 38.1 Å². The second-order valence-electron chi connectivity index (χ2n) is 9.35. The molecule has 2 fully saturated rings. The number of fused-ring (bicyclic) bond motifs is 1. The van der Waals surface area contributed by atoms with E-state index in [9.17, 15) is 23.1 Å². The first-order valence-corrected chi connectivity index (χ1v) is 13.3. The Labute approximate surface area is 200 Å². The molecule has 3 aliphatic rings. The summed E-state index contributed by atoms with van der Waals surface area (Å²) in [6.07, 6.45) is 8.40. The molecule has 7 N–H and O–H groups in total. The molecule has 190 valence electrons. The minimum atomic E-state index is -4.03. The van der Waals surface area contributed by atoms with Crippen molar-refractivity contribution in [3.8, 4) is 0 Å². The first kappa shape index (κ1) is 26.2. The number of carbonyl (C=O) groups is 2. The molecule has 5 atom stereocenters. The number of aliphatic imine (C=N–C) groups is 1. The maximum atomic E-state index is 13.5. The number of amides is 1. The Hall–Kier alpha value is -2.44. The van der Waals surface area contributed by atoms with Crippen LogP contribution in [-0.2, 0) is 19.6 Å². The van der Waals surface area contributed by atoms with Crippen LogP contribution in [0, 0.1) is 11.8 Å². The third kappa shape index (κ3) is 6.36. The number of carboxylic acids is 1. The number of guanidine groups is 1. The fourth-order valence-corrected chi connectivity index (χ4v) is 6.54. The number of rotatable bonds is 9. The summed E-state index contributed by atoms with van der Waals surface area (Å²) in [5.41, 5.74) is 10.7. The van der Waals surface area contributed by atoms with E-state index < -0.39 is 34.0 Å². The summed E-state index contributed by atoms with van der Waals surface area (Å²) >= 11 is 0. The van der Waals surface area contributed by atoms with Gasteiger partial charge in [-0.15, -0.1) is 0 Å². The number of aliphatic carboxylic acids is 1. The van der Waals surface area contributed by atoms with Crippen LogP contribution in [0.25, 0.3) is 0 Å². The molecular weight excluding hydrogens is 460 g/mol. The molecular formula is C22H36N6O5S. The molecule has 0 spiro atoms. The van der Waals surface area contributed by atoms with Crippen LogP contribution in [0.5, 0.6) is 0 Å². The number of piperidine rings is 2. The average Bonchev–Trinajstić information content (AvgIpc) is 2.79. The van der Waals surface area contributed by atoms with Gasteiger partial charge in [0, 0.05) is 13.1 Å². The zero-order chi connectivity index (χ0) is 24.9. The summed E-state index contributed by atoms with van der Waals surface area (Å²) in [5, 5.41) is 12.9. The smallest absolute Gasteiger partial charge is 0.326 e. The Morgan fingerprint density at radius 3 is 2.82 bits per heavy atom. The van der Waals surface area contributed by atoms with Gasteiger partial charge < -0.3 is 26.8 Å². The topological polar surface area (TPSA) is 180 Å². The van der Waals surface area contributed by atoms with E-state index >= 15 is 0 Å². The summed E-state index contributed by atoms with van der Waals surface area (Å²) in [4.78, 5) is 30.6. The van der Waals surface area contributed by atoms with Crippen LogP contribution in [-0.4, -0.2) is 74.0 Å². The van der Waals surface area contributed by atoms with Crippen LogP contribution in [0.1, 0.15) is 45.4 Å². The minimum Gasteiger partial charge on any atom is -0.480 e. The van der Waals surface area contributed by atoms with Gasteiger partial charge in [-0.3, -0.25) is 9.79 Å². The third-order valence-electron chi connectivity index (χ3n) is 6.64. The molecule has 0 saturated carbocycles. The molecule has 11 nitrogen and oxygen atoms in total. The maximum absolute atomic E-state index is 13.5. The van der Waals surface area contributed by atoms with Gasteiger partial charge in [-0.05, 0) is 63.0 Å². The molecule has 2 saturated heterocycles. The predicted molar refractivity (Wildman–Crippen MR) is 129 cm³/mol. The summed E-state index contributed by atoms with van der Waals surface area (Å²) in [7, 11) is -4.03. The van der Waals surface area contributed by atoms with E-state index in [4.69, 9.17) is 11.5 Å². The number of nitrogens with two attached hydrogens (primary N) is 2. The number of carbonyl (C=O) groups excluding carboxylic acids is 1. The second kappa shape index (κ2) is 11.3.